The van der Waals surface area contributed by atoms with Crippen LogP contribution in [0.3, 0.4) is 0 Å². The number of methoxy groups -OCH3 is 1. The zero-order valence-corrected chi connectivity index (χ0v) is 9.51. The Morgan fingerprint density at radius 3 is 2.17 bits per heavy atom. The van der Waals surface area contributed by atoms with E-state index in [9.17, 15) is 13.2 Å². The number of ether oxygens (including phenoxy) is 1. The number of anilines is 2. The highest BCUT2D eigenvalue weighted by atomic mass is 19.2. The molecule has 0 amide bonds. The van der Waals surface area contributed by atoms with Crippen molar-refractivity contribution >= 4 is 11.4 Å². The van der Waals surface area contributed by atoms with E-state index in [1.165, 1.54) is 7.11 Å². The minimum atomic E-state index is -1.49. The Morgan fingerprint density at radius 2 is 1.56 bits per heavy atom. The fourth-order valence-corrected chi connectivity index (χ4v) is 1.45. The summed E-state index contributed by atoms with van der Waals surface area (Å²) in [4.78, 5) is 0. The number of rotatable bonds is 3. The summed E-state index contributed by atoms with van der Waals surface area (Å²) in [6.45, 7) is 0. The van der Waals surface area contributed by atoms with Gasteiger partial charge in [0.1, 0.15) is 5.75 Å². The molecule has 0 aliphatic heterocycles. The minimum absolute atomic E-state index is 0.126. The Kier molecular flexibility index (Phi) is 3.41. The first-order valence-electron chi connectivity index (χ1n) is 5.16. The lowest BCUT2D eigenvalue weighted by atomic mass is 10.2. The predicted octanol–water partition coefficient (Wildman–Crippen LogP) is 3.86. The van der Waals surface area contributed by atoms with Gasteiger partial charge >= 0.3 is 0 Å². The Labute approximate surface area is 102 Å². The summed E-state index contributed by atoms with van der Waals surface area (Å²) < 4.78 is 44.1. The summed E-state index contributed by atoms with van der Waals surface area (Å²) in [5.41, 5.74) is 0.416. The molecule has 0 aliphatic rings. The highest BCUT2D eigenvalue weighted by Crippen LogP contribution is 2.24. The van der Waals surface area contributed by atoms with Crippen LogP contribution in [0.25, 0.3) is 0 Å². The summed E-state index contributed by atoms with van der Waals surface area (Å²) in [7, 11) is 1.53. The van der Waals surface area contributed by atoms with Crippen LogP contribution in [-0.4, -0.2) is 7.11 Å². The third-order valence-corrected chi connectivity index (χ3v) is 2.40. The normalized spacial score (nSPS) is 10.2. The van der Waals surface area contributed by atoms with Gasteiger partial charge in [-0.3, -0.25) is 0 Å². The molecule has 5 heteroatoms. The van der Waals surface area contributed by atoms with Gasteiger partial charge in [-0.15, -0.1) is 0 Å². The molecule has 0 saturated carbocycles. The summed E-state index contributed by atoms with van der Waals surface area (Å²) in [6, 6.07) is 8.61. The second-order valence-electron chi connectivity index (χ2n) is 3.58. The molecule has 0 heterocycles. The molecule has 0 saturated heterocycles. The van der Waals surface area contributed by atoms with Gasteiger partial charge < -0.3 is 10.1 Å². The highest BCUT2D eigenvalue weighted by Gasteiger charge is 2.13. The van der Waals surface area contributed by atoms with Crippen LogP contribution in [0.1, 0.15) is 0 Å². The van der Waals surface area contributed by atoms with Crippen LogP contribution in [-0.2, 0) is 0 Å². The quantitative estimate of drug-likeness (QED) is 0.839. The lowest BCUT2D eigenvalue weighted by Crippen LogP contribution is -1.98. The first kappa shape index (κ1) is 12.3. The van der Waals surface area contributed by atoms with Crippen molar-refractivity contribution in [3.8, 4) is 5.75 Å². The first-order valence-corrected chi connectivity index (χ1v) is 5.16. The van der Waals surface area contributed by atoms with E-state index in [0.29, 0.717) is 11.4 Å². The zero-order chi connectivity index (χ0) is 13.1. The zero-order valence-electron chi connectivity index (χ0n) is 9.51. The molecule has 2 aromatic rings. The van der Waals surface area contributed by atoms with Crippen molar-refractivity contribution in [2.24, 2.45) is 0 Å². The SMILES string of the molecule is COc1ccc(Nc2ccc(F)c(F)c2F)cc1. The molecule has 0 spiro atoms. The molecular weight excluding hydrogens is 243 g/mol. The van der Waals surface area contributed by atoms with Crippen LogP contribution in [0.4, 0.5) is 24.5 Å². The van der Waals surface area contributed by atoms with Gasteiger partial charge in [0.05, 0.1) is 12.8 Å². The van der Waals surface area contributed by atoms with Gasteiger partial charge in [0.2, 0.25) is 0 Å². The van der Waals surface area contributed by atoms with Crippen molar-refractivity contribution in [1.82, 2.24) is 0 Å². The number of nitrogens with one attached hydrogen (secondary N) is 1. The molecule has 2 aromatic carbocycles. The van der Waals surface area contributed by atoms with Crippen LogP contribution < -0.4 is 10.1 Å². The van der Waals surface area contributed by atoms with Gasteiger partial charge in [0.25, 0.3) is 0 Å². The molecule has 0 bridgehead atoms. The monoisotopic (exact) mass is 253 g/mol. The molecule has 1 N–H and O–H groups in total. The average molecular weight is 253 g/mol. The molecule has 0 aliphatic carbocycles. The third kappa shape index (κ3) is 2.40. The van der Waals surface area contributed by atoms with E-state index in [1.807, 2.05) is 0 Å². The largest absolute Gasteiger partial charge is 0.497 e. The standard InChI is InChI=1S/C13H10F3NO/c1-18-9-4-2-8(3-5-9)17-11-7-6-10(14)12(15)13(11)16/h2-7,17H,1H3. The van der Waals surface area contributed by atoms with Crippen LogP contribution in [0, 0.1) is 17.5 Å². The van der Waals surface area contributed by atoms with Gasteiger partial charge in [0.15, 0.2) is 17.5 Å². The van der Waals surface area contributed by atoms with E-state index in [2.05, 4.69) is 5.32 Å². The maximum Gasteiger partial charge on any atom is 0.196 e. The summed E-state index contributed by atoms with van der Waals surface area (Å²) in [5.74, 6) is -3.31. The number of benzene rings is 2. The van der Waals surface area contributed by atoms with Gasteiger partial charge in [-0.05, 0) is 36.4 Å². The maximum atomic E-state index is 13.4. The molecule has 0 fully saturated rings. The molecule has 18 heavy (non-hydrogen) atoms. The van der Waals surface area contributed by atoms with E-state index in [1.54, 1.807) is 24.3 Å². The smallest absolute Gasteiger partial charge is 0.196 e. The van der Waals surface area contributed by atoms with Gasteiger partial charge in [0, 0.05) is 5.69 Å². The van der Waals surface area contributed by atoms with Crippen LogP contribution in [0.5, 0.6) is 5.75 Å². The summed E-state index contributed by atoms with van der Waals surface area (Å²) >= 11 is 0. The fraction of sp³-hybridized carbons (Fsp3) is 0.0769. The molecule has 2 nitrogen and oxygen atoms in total. The van der Waals surface area contributed by atoms with Crippen molar-refractivity contribution in [1.29, 1.82) is 0 Å². The van der Waals surface area contributed by atoms with E-state index in [0.717, 1.165) is 12.1 Å². The maximum absolute atomic E-state index is 13.4. The molecule has 94 valence electrons. The second kappa shape index (κ2) is 5.00. The third-order valence-electron chi connectivity index (χ3n) is 2.40. The van der Waals surface area contributed by atoms with Crippen molar-refractivity contribution in [2.75, 3.05) is 12.4 Å². The van der Waals surface area contributed by atoms with Gasteiger partial charge in [-0.2, -0.15) is 0 Å². The lowest BCUT2D eigenvalue weighted by molar-refractivity contribution is 0.415. The number of hydrogen-bond acceptors (Lipinski definition) is 2. The second-order valence-corrected chi connectivity index (χ2v) is 3.58. The van der Waals surface area contributed by atoms with E-state index in [4.69, 9.17) is 4.74 Å². The van der Waals surface area contributed by atoms with Crippen molar-refractivity contribution in [3.05, 3.63) is 53.8 Å². The van der Waals surface area contributed by atoms with Crippen molar-refractivity contribution in [2.45, 2.75) is 0 Å². The molecule has 0 radical (unpaired) electrons. The average Bonchev–Trinajstić information content (AvgIpc) is 2.40. The van der Waals surface area contributed by atoms with E-state index in [-0.39, 0.29) is 5.69 Å². The Morgan fingerprint density at radius 1 is 0.889 bits per heavy atom. The van der Waals surface area contributed by atoms with Crippen LogP contribution in [0.2, 0.25) is 0 Å². The van der Waals surface area contributed by atoms with E-state index >= 15 is 0 Å². The van der Waals surface area contributed by atoms with Gasteiger partial charge in [-0.25, -0.2) is 13.2 Å². The number of hydrogen-bond donors (Lipinski definition) is 1. The van der Waals surface area contributed by atoms with E-state index < -0.39 is 17.5 Å². The lowest BCUT2D eigenvalue weighted by Gasteiger charge is -2.09. The Balaban J connectivity index is 2.25. The van der Waals surface area contributed by atoms with Crippen LogP contribution >= 0.6 is 0 Å². The topological polar surface area (TPSA) is 21.3 Å². The molecule has 2 rings (SSSR count). The Bertz CT molecular complexity index is 555. The Hall–Kier alpha value is -2.17. The van der Waals surface area contributed by atoms with Gasteiger partial charge in [-0.1, -0.05) is 0 Å². The van der Waals surface area contributed by atoms with Crippen molar-refractivity contribution in [3.63, 3.8) is 0 Å². The van der Waals surface area contributed by atoms with Crippen molar-refractivity contribution < 1.29 is 17.9 Å². The molecule has 0 unspecified atom stereocenters. The fourth-order valence-electron chi connectivity index (χ4n) is 1.45. The summed E-state index contributed by atoms with van der Waals surface area (Å²) in [6.07, 6.45) is 0. The molecule has 0 aromatic heterocycles. The summed E-state index contributed by atoms with van der Waals surface area (Å²) in [5, 5.41) is 2.65. The predicted molar refractivity (Wildman–Crippen MR) is 62.6 cm³/mol. The minimum Gasteiger partial charge on any atom is -0.497 e. The first-order chi connectivity index (χ1) is 8.61. The molecular formula is C13H10F3NO. The number of halogens is 3. The molecule has 0 atom stereocenters. The van der Waals surface area contributed by atoms with Crippen LogP contribution in [0.15, 0.2) is 36.4 Å². The highest BCUT2D eigenvalue weighted by molar-refractivity contribution is 5.61.